The maximum atomic E-state index is 12.2. The first kappa shape index (κ1) is 17.8. The molecule has 0 bridgehead atoms. The van der Waals surface area contributed by atoms with Crippen LogP contribution in [0.1, 0.15) is 32.1 Å². The summed E-state index contributed by atoms with van der Waals surface area (Å²) < 4.78 is 0. The second-order valence-corrected chi connectivity index (χ2v) is 6.49. The maximum Gasteiger partial charge on any atom is 0.326 e. The number of hydrogen-bond donors (Lipinski definition) is 1. The second kappa shape index (κ2) is 6.70. The largest absolute Gasteiger partial charge is 0.480 e. The number of rotatable bonds is 6. The maximum absolute atomic E-state index is 12.2. The summed E-state index contributed by atoms with van der Waals surface area (Å²) in [7, 11) is 0. The summed E-state index contributed by atoms with van der Waals surface area (Å²) in [5, 5.41) is 9.51. The topological polar surface area (TPSA) is 112 Å². The number of aliphatic carboxylic acids is 1. The molecule has 8 heteroatoms. The molecule has 1 fully saturated rings. The smallest absolute Gasteiger partial charge is 0.326 e. The minimum Gasteiger partial charge on any atom is -0.480 e. The van der Waals surface area contributed by atoms with E-state index in [0.717, 1.165) is 9.80 Å². The average molecular weight is 358 g/mol. The molecule has 0 aromatic rings. The molecule has 1 N–H and O–H groups in total. The first-order valence-electron chi connectivity index (χ1n) is 8.34. The molecule has 0 saturated carbocycles. The van der Waals surface area contributed by atoms with Crippen LogP contribution in [0.4, 0.5) is 0 Å². The van der Waals surface area contributed by atoms with Gasteiger partial charge in [-0.15, -0.1) is 0 Å². The van der Waals surface area contributed by atoms with Crippen molar-refractivity contribution in [1.82, 2.24) is 9.80 Å². The highest BCUT2D eigenvalue weighted by atomic mass is 16.4. The number of carboxylic acid groups (broad SMARTS) is 1. The summed E-state index contributed by atoms with van der Waals surface area (Å²) in [6.45, 7) is 0. The molecule has 2 unspecified atom stereocenters. The van der Waals surface area contributed by atoms with Crippen LogP contribution in [0.25, 0.3) is 0 Å². The number of imide groups is 2. The summed E-state index contributed by atoms with van der Waals surface area (Å²) in [5.41, 5.74) is -1.01. The van der Waals surface area contributed by atoms with E-state index in [1.165, 1.54) is 12.2 Å². The van der Waals surface area contributed by atoms with Crippen molar-refractivity contribution >= 4 is 29.6 Å². The predicted octanol–water partition coefficient (Wildman–Crippen LogP) is 0.549. The Kier molecular flexibility index (Phi) is 4.58. The normalized spacial score (nSPS) is 26.3. The van der Waals surface area contributed by atoms with E-state index in [1.54, 1.807) is 24.3 Å². The van der Waals surface area contributed by atoms with Crippen LogP contribution in [-0.4, -0.2) is 56.1 Å². The summed E-state index contributed by atoms with van der Waals surface area (Å²) in [6, 6.07) is -1.31. The first-order chi connectivity index (χ1) is 12.4. The van der Waals surface area contributed by atoms with Crippen molar-refractivity contribution in [1.29, 1.82) is 0 Å². The van der Waals surface area contributed by atoms with Crippen LogP contribution in [0.3, 0.4) is 0 Å². The van der Waals surface area contributed by atoms with Crippen molar-refractivity contribution in [3.63, 3.8) is 0 Å². The van der Waals surface area contributed by atoms with E-state index in [2.05, 4.69) is 0 Å². The molecule has 3 rings (SSSR count). The third-order valence-electron chi connectivity index (χ3n) is 4.92. The molecule has 0 spiro atoms. The fourth-order valence-electron chi connectivity index (χ4n) is 3.65. The van der Waals surface area contributed by atoms with E-state index in [0.29, 0.717) is 6.42 Å². The molecule has 136 valence electrons. The Morgan fingerprint density at radius 3 is 2.19 bits per heavy atom. The summed E-state index contributed by atoms with van der Waals surface area (Å²) in [6.07, 6.45) is 9.75. The molecular formula is C18H18N2O6. The number of hydrogen-bond acceptors (Lipinski definition) is 5. The lowest BCUT2D eigenvalue weighted by Gasteiger charge is -2.39. The molecule has 3 aliphatic rings. The van der Waals surface area contributed by atoms with Crippen molar-refractivity contribution in [3.05, 3.63) is 36.5 Å². The summed E-state index contributed by atoms with van der Waals surface area (Å²) >= 11 is 0. The lowest BCUT2D eigenvalue weighted by atomic mass is 9.83. The van der Waals surface area contributed by atoms with Crippen LogP contribution in [0.2, 0.25) is 0 Å². The zero-order chi connectivity index (χ0) is 18.9. The predicted molar refractivity (Wildman–Crippen MR) is 88.4 cm³/mol. The van der Waals surface area contributed by atoms with Crippen molar-refractivity contribution in [3.8, 4) is 0 Å². The van der Waals surface area contributed by atoms with Crippen LogP contribution in [0.15, 0.2) is 36.5 Å². The Balaban J connectivity index is 1.84. The summed E-state index contributed by atoms with van der Waals surface area (Å²) in [4.78, 5) is 61.7. The Morgan fingerprint density at radius 1 is 1.08 bits per heavy atom. The van der Waals surface area contributed by atoms with Gasteiger partial charge in [-0.3, -0.25) is 29.0 Å². The van der Waals surface area contributed by atoms with Gasteiger partial charge in [0.15, 0.2) is 0 Å². The fraction of sp³-hybridized carbons (Fsp3) is 0.389. The number of carbonyl (C=O) groups excluding carboxylic acids is 4. The number of allylic oxidation sites excluding steroid dienone is 2. The Morgan fingerprint density at radius 2 is 1.69 bits per heavy atom. The average Bonchev–Trinajstić information content (AvgIpc) is 3.11. The van der Waals surface area contributed by atoms with Gasteiger partial charge < -0.3 is 5.11 Å². The van der Waals surface area contributed by atoms with Gasteiger partial charge in [-0.2, -0.15) is 0 Å². The molecule has 26 heavy (non-hydrogen) atoms. The van der Waals surface area contributed by atoms with Crippen molar-refractivity contribution in [2.45, 2.75) is 43.7 Å². The first-order valence-corrected chi connectivity index (χ1v) is 8.34. The fourth-order valence-corrected chi connectivity index (χ4v) is 3.65. The molecule has 2 aliphatic heterocycles. The van der Waals surface area contributed by atoms with E-state index in [1.807, 2.05) is 0 Å². The number of amides is 4. The van der Waals surface area contributed by atoms with Crippen molar-refractivity contribution in [2.24, 2.45) is 0 Å². The zero-order valence-corrected chi connectivity index (χ0v) is 14.0. The van der Waals surface area contributed by atoms with Crippen molar-refractivity contribution < 1.29 is 29.1 Å². The molecule has 1 aliphatic carbocycles. The summed E-state index contributed by atoms with van der Waals surface area (Å²) in [5.74, 6) is -3.22. The van der Waals surface area contributed by atoms with E-state index in [-0.39, 0.29) is 25.7 Å². The van der Waals surface area contributed by atoms with Gasteiger partial charge in [-0.1, -0.05) is 24.3 Å². The van der Waals surface area contributed by atoms with Crippen molar-refractivity contribution in [2.75, 3.05) is 0 Å². The molecule has 0 aromatic heterocycles. The van der Waals surface area contributed by atoms with Crippen LogP contribution in [0, 0.1) is 0 Å². The highest BCUT2D eigenvalue weighted by Gasteiger charge is 2.45. The van der Waals surface area contributed by atoms with Gasteiger partial charge >= 0.3 is 5.97 Å². The molecule has 1 saturated heterocycles. The zero-order valence-electron chi connectivity index (χ0n) is 14.0. The van der Waals surface area contributed by atoms with Gasteiger partial charge in [-0.25, -0.2) is 4.79 Å². The molecule has 2 atom stereocenters. The lowest BCUT2D eigenvalue weighted by Crippen LogP contribution is -2.52. The van der Waals surface area contributed by atoms with Crippen LogP contribution in [-0.2, 0) is 24.0 Å². The number of carboxylic acids is 1. The van der Waals surface area contributed by atoms with Crippen LogP contribution >= 0.6 is 0 Å². The van der Waals surface area contributed by atoms with E-state index >= 15 is 0 Å². The van der Waals surface area contributed by atoms with Gasteiger partial charge in [-0.05, 0) is 19.3 Å². The minimum atomic E-state index is -1.31. The molecule has 0 radical (unpaired) electrons. The Bertz CT molecular complexity index is 747. The van der Waals surface area contributed by atoms with E-state index in [9.17, 15) is 29.1 Å². The molecule has 0 aromatic carbocycles. The Hall–Kier alpha value is -3.03. The molecular weight excluding hydrogens is 340 g/mol. The number of carbonyl (C=O) groups is 5. The molecule has 8 nitrogen and oxygen atoms in total. The quantitative estimate of drug-likeness (QED) is 0.694. The minimum absolute atomic E-state index is 0.00339. The van der Waals surface area contributed by atoms with E-state index < -0.39 is 41.2 Å². The Labute approximate surface area is 149 Å². The highest BCUT2D eigenvalue weighted by Crippen LogP contribution is 2.34. The van der Waals surface area contributed by atoms with Gasteiger partial charge in [0.1, 0.15) is 6.04 Å². The van der Waals surface area contributed by atoms with Gasteiger partial charge in [0.25, 0.3) is 11.8 Å². The lowest BCUT2D eigenvalue weighted by molar-refractivity contribution is -0.155. The monoisotopic (exact) mass is 358 g/mol. The SMILES string of the molecule is O=C(O)C(CCC1(N2C(=O)C=CC2=O)C=CC=CC1)N1C(=O)CCC1=O. The number of nitrogens with zero attached hydrogens (tertiary/aromatic N) is 2. The van der Waals surface area contributed by atoms with Gasteiger partial charge in [0, 0.05) is 25.0 Å². The third kappa shape index (κ3) is 2.98. The van der Waals surface area contributed by atoms with Crippen LogP contribution < -0.4 is 0 Å². The highest BCUT2D eigenvalue weighted by molar-refractivity contribution is 6.13. The number of likely N-dealkylation sites (tertiary alicyclic amines) is 1. The standard InChI is InChI=1S/C18H18N2O6/c21-13-4-5-14(22)19(13)12(17(25)26)8-11-18(9-2-1-3-10-18)20-15(23)6-7-16(20)24/h1-3,6-7,9,12H,4-5,8,10-11H2,(H,25,26). The molecule has 2 heterocycles. The van der Waals surface area contributed by atoms with Crippen LogP contribution in [0.5, 0.6) is 0 Å². The van der Waals surface area contributed by atoms with Gasteiger partial charge in [0.05, 0.1) is 5.54 Å². The second-order valence-electron chi connectivity index (χ2n) is 6.49. The third-order valence-corrected chi connectivity index (χ3v) is 4.92. The van der Waals surface area contributed by atoms with E-state index in [4.69, 9.17) is 0 Å². The van der Waals surface area contributed by atoms with Gasteiger partial charge in [0.2, 0.25) is 11.8 Å². The molecule has 4 amide bonds.